The van der Waals surface area contributed by atoms with E-state index < -0.39 is 0 Å². The molecular weight excluding hydrogens is 250 g/mol. The normalized spacial score (nSPS) is 23.1. The number of fused-ring (bicyclic) bond motifs is 1. The van der Waals surface area contributed by atoms with Crippen molar-refractivity contribution in [3.63, 3.8) is 0 Å². The number of thioether (sulfide) groups is 1. The summed E-state index contributed by atoms with van der Waals surface area (Å²) in [6, 6.07) is 9.69. The lowest BCUT2D eigenvalue weighted by molar-refractivity contribution is 0.267. The van der Waals surface area contributed by atoms with Gasteiger partial charge in [-0.05, 0) is 24.5 Å². The van der Waals surface area contributed by atoms with Crippen LogP contribution in [0, 0.1) is 0 Å². The summed E-state index contributed by atoms with van der Waals surface area (Å²) in [6.07, 6.45) is 2.75. The number of hydrogen-bond donors (Lipinski definition) is 0. The Kier molecular flexibility index (Phi) is 3.64. The summed E-state index contributed by atoms with van der Waals surface area (Å²) in [5, 5.41) is 0. The van der Waals surface area contributed by atoms with Crippen molar-refractivity contribution in [2.24, 2.45) is 0 Å². The number of hydrogen-bond acceptors (Lipinski definition) is 2. The monoisotopic (exact) mass is 267 g/mol. The van der Waals surface area contributed by atoms with E-state index in [-0.39, 0.29) is 0 Å². The Balaban J connectivity index is 1.69. The van der Waals surface area contributed by atoms with Gasteiger partial charge in [-0.3, -0.25) is 4.90 Å². The third kappa shape index (κ3) is 2.64. The lowest BCUT2D eigenvalue weighted by atomic mass is 10.0. The van der Waals surface area contributed by atoms with E-state index in [0.717, 1.165) is 18.5 Å². The molecule has 0 amide bonds. The second-order valence-corrected chi connectivity index (χ2v) is 6.40. The molecule has 1 saturated carbocycles. The van der Waals surface area contributed by atoms with Crippen LogP contribution in [0.25, 0.3) is 0 Å². The minimum atomic E-state index is 0.708. The van der Waals surface area contributed by atoms with Crippen molar-refractivity contribution in [2.45, 2.75) is 29.7 Å². The van der Waals surface area contributed by atoms with Crippen LogP contribution in [0.4, 0.5) is 0 Å². The predicted octanol–water partition coefficient (Wildman–Crippen LogP) is 3.58. The van der Waals surface area contributed by atoms with Gasteiger partial charge < -0.3 is 0 Å². The molecule has 0 N–H and O–H groups in total. The van der Waals surface area contributed by atoms with Gasteiger partial charge in [0, 0.05) is 41.6 Å². The average molecular weight is 268 g/mol. The fraction of sp³-hybridized carbons (Fsp3) is 0.571. The van der Waals surface area contributed by atoms with E-state index in [9.17, 15) is 0 Å². The predicted molar refractivity (Wildman–Crippen MR) is 75.2 cm³/mol. The van der Waals surface area contributed by atoms with Gasteiger partial charge in [0.25, 0.3) is 0 Å². The zero-order valence-corrected chi connectivity index (χ0v) is 11.5. The van der Waals surface area contributed by atoms with E-state index in [1.54, 1.807) is 5.56 Å². The van der Waals surface area contributed by atoms with Crippen molar-refractivity contribution in [1.29, 1.82) is 0 Å². The molecule has 1 unspecified atom stereocenters. The SMILES string of the molecule is ClCCN(CC1CSc2ccccc21)C1CC1. The van der Waals surface area contributed by atoms with E-state index in [4.69, 9.17) is 11.6 Å². The van der Waals surface area contributed by atoms with Gasteiger partial charge in [-0.25, -0.2) is 0 Å². The van der Waals surface area contributed by atoms with Gasteiger partial charge in [-0.2, -0.15) is 0 Å². The molecule has 3 heteroatoms. The van der Waals surface area contributed by atoms with E-state index in [2.05, 4.69) is 29.2 Å². The van der Waals surface area contributed by atoms with Crippen LogP contribution in [0.1, 0.15) is 24.3 Å². The molecule has 1 atom stereocenters. The number of benzene rings is 1. The highest BCUT2D eigenvalue weighted by atomic mass is 35.5. The van der Waals surface area contributed by atoms with Crippen LogP contribution in [-0.2, 0) is 0 Å². The van der Waals surface area contributed by atoms with E-state index in [1.165, 1.54) is 30.0 Å². The van der Waals surface area contributed by atoms with Crippen LogP contribution in [0.2, 0.25) is 0 Å². The van der Waals surface area contributed by atoms with Gasteiger partial charge in [0.2, 0.25) is 0 Å². The molecular formula is C14H18ClNS. The Bertz CT molecular complexity index is 392. The topological polar surface area (TPSA) is 3.24 Å². The largest absolute Gasteiger partial charge is 0.299 e. The first-order chi connectivity index (χ1) is 8.38. The summed E-state index contributed by atoms with van der Waals surface area (Å²) in [5.74, 6) is 2.71. The molecule has 92 valence electrons. The molecule has 3 rings (SSSR count). The zero-order chi connectivity index (χ0) is 11.7. The van der Waals surface area contributed by atoms with Gasteiger partial charge in [0.15, 0.2) is 0 Å². The van der Waals surface area contributed by atoms with Gasteiger partial charge in [-0.15, -0.1) is 23.4 Å². The second kappa shape index (κ2) is 5.21. The first-order valence-electron chi connectivity index (χ1n) is 6.40. The highest BCUT2D eigenvalue weighted by Gasteiger charge is 2.32. The number of rotatable bonds is 5. The molecule has 0 bridgehead atoms. The third-order valence-electron chi connectivity index (χ3n) is 3.69. The van der Waals surface area contributed by atoms with Crippen LogP contribution < -0.4 is 0 Å². The molecule has 1 aromatic rings. The standard InChI is InChI=1S/C14H18ClNS/c15-7-8-16(12-5-6-12)9-11-10-17-14-4-2-1-3-13(11)14/h1-4,11-12H,5-10H2. The van der Waals surface area contributed by atoms with E-state index in [1.807, 2.05) is 11.8 Å². The smallest absolute Gasteiger partial charge is 0.0351 e. The molecule has 0 aromatic heterocycles. The van der Waals surface area contributed by atoms with Crippen LogP contribution in [0.15, 0.2) is 29.2 Å². The zero-order valence-electron chi connectivity index (χ0n) is 9.94. The Labute approximate surface area is 113 Å². The van der Waals surface area contributed by atoms with Crippen molar-refractivity contribution >= 4 is 23.4 Å². The maximum atomic E-state index is 5.91. The molecule has 2 aliphatic rings. The van der Waals surface area contributed by atoms with E-state index >= 15 is 0 Å². The van der Waals surface area contributed by atoms with Crippen molar-refractivity contribution in [3.8, 4) is 0 Å². The van der Waals surface area contributed by atoms with Crippen LogP contribution in [0.5, 0.6) is 0 Å². The van der Waals surface area contributed by atoms with Crippen molar-refractivity contribution in [3.05, 3.63) is 29.8 Å². The summed E-state index contributed by atoms with van der Waals surface area (Å²) < 4.78 is 0. The molecule has 0 spiro atoms. The van der Waals surface area contributed by atoms with Gasteiger partial charge in [0.05, 0.1) is 0 Å². The van der Waals surface area contributed by atoms with Gasteiger partial charge in [-0.1, -0.05) is 18.2 Å². The molecule has 1 nitrogen and oxygen atoms in total. The molecule has 1 heterocycles. The Hall–Kier alpha value is -0.180. The fourth-order valence-corrected chi connectivity index (χ4v) is 4.09. The summed E-state index contributed by atoms with van der Waals surface area (Å²) in [7, 11) is 0. The van der Waals surface area contributed by atoms with Crippen LogP contribution >= 0.6 is 23.4 Å². The average Bonchev–Trinajstić information content (AvgIpc) is 3.12. The van der Waals surface area contributed by atoms with Gasteiger partial charge in [0.1, 0.15) is 0 Å². The lowest BCUT2D eigenvalue weighted by Crippen LogP contribution is -2.32. The summed E-state index contributed by atoms with van der Waals surface area (Å²) >= 11 is 7.92. The maximum absolute atomic E-state index is 5.91. The minimum absolute atomic E-state index is 0.708. The second-order valence-electron chi connectivity index (χ2n) is 4.96. The third-order valence-corrected chi connectivity index (χ3v) is 5.11. The number of alkyl halides is 1. The van der Waals surface area contributed by atoms with Crippen molar-refractivity contribution < 1.29 is 0 Å². The highest BCUT2D eigenvalue weighted by molar-refractivity contribution is 7.99. The van der Waals surface area contributed by atoms with Gasteiger partial charge >= 0.3 is 0 Å². The summed E-state index contributed by atoms with van der Waals surface area (Å²) in [4.78, 5) is 4.08. The summed E-state index contributed by atoms with van der Waals surface area (Å²) in [5.41, 5.74) is 1.55. The molecule has 17 heavy (non-hydrogen) atoms. The number of halogens is 1. The Morgan fingerprint density at radius 1 is 1.29 bits per heavy atom. The maximum Gasteiger partial charge on any atom is 0.0351 e. The minimum Gasteiger partial charge on any atom is -0.299 e. The van der Waals surface area contributed by atoms with Crippen LogP contribution in [0.3, 0.4) is 0 Å². The van der Waals surface area contributed by atoms with Crippen molar-refractivity contribution in [2.75, 3.05) is 24.7 Å². The van der Waals surface area contributed by atoms with Crippen LogP contribution in [-0.4, -0.2) is 35.7 Å². The first kappa shape index (κ1) is 11.9. The quantitative estimate of drug-likeness (QED) is 0.751. The lowest BCUT2D eigenvalue weighted by Gasteiger charge is -2.24. The molecule has 1 aromatic carbocycles. The Morgan fingerprint density at radius 2 is 2.12 bits per heavy atom. The highest BCUT2D eigenvalue weighted by Crippen LogP contribution is 2.40. The number of nitrogens with zero attached hydrogens (tertiary/aromatic N) is 1. The molecule has 1 aliphatic heterocycles. The fourth-order valence-electron chi connectivity index (χ4n) is 2.63. The van der Waals surface area contributed by atoms with Crippen molar-refractivity contribution in [1.82, 2.24) is 4.90 Å². The molecule has 1 aliphatic carbocycles. The Morgan fingerprint density at radius 3 is 2.88 bits per heavy atom. The first-order valence-corrected chi connectivity index (χ1v) is 7.92. The molecule has 0 radical (unpaired) electrons. The summed E-state index contributed by atoms with van der Waals surface area (Å²) in [6.45, 7) is 2.25. The van der Waals surface area contributed by atoms with E-state index in [0.29, 0.717) is 5.92 Å². The molecule has 0 saturated heterocycles. The molecule has 1 fully saturated rings.